The summed E-state index contributed by atoms with van der Waals surface area (Å²) in [5.74, 6) is 0. The Hall–Kier alpha value is -1.36. The minimum absolute atomic E-state index is 0.0903. The number of aromatic nitrogens is 1. The van der Waals surface area contributed by atoms with E-state index in [1.54, 1.807) is 18.2 Å². The number of nitrogens with one attached hydrogen (secondary N) is 1. The van der Waals surface area contributed by atoms with Gasteiger partial charge in [0, 0.05) is 18.0 Å². The lowest BCUT2D eigenvalue weighted by molar-refractivity contribution is 0.585. The van der Waals surface area contributed by atoms with E-state index in [-0.39, 0.29) is 5.03 Å². The lowest BCUT2D eigenvalue weighted by atomic mass is 10.3. The molecule has 0 atom stereocenters. The Morgan fingerprint density at radius 2 is 2.25 bits per heavy atom. The molecule has 0 spiro atoms. The zero-order valence-electron chi connectivity index (χ0n) is 6.06. The molecule has 0 saturated heterocycles. The summed E-state index contributed by atoms with van der Waals surface area (Å²) in [7, 11) is -3.39. The standard InChI is InChI=1S/C7H6N2O2S/c10-12(11)7-6(3-5-9-12)2-1-4-8-7/h1-5,9H. The van der Waals surface area contributed by atoms with Gasteiger partial charge in [-0.15, -0.1) is 0 Å². The first-order valence-electron chi connectivity index (χ1n) is 3.34. The molecule has 1 aromatic heterocycles. The Balaban J connectivity index is 2.77. The van der Waals surface area contributed by atoms with Crippen molar-refractivity contribution in [3.8, 4) is 0 Å². The Morgan fingerprint density at radius 3 is 3.00 bits per heavy atom. The van der Waals surface area contributed by atoms with Crippen LogP contribution in [0.5, 0.6) is 0 Å². The van der Waals surface area contributed by atoms with Crippen molar-refractivity contribution in [2.24, 2.45) is 0 Å². The van der Waals surface area contributed by atoms with E-state index >= 15 is 0 Å². The maximum absolute atomic E-state index is 11.2. The average Bonchev–Trinajstić information content (AvgIpc) is 2.04. The number of hydrogen-bond acceptors (Lipinski definition) is 3. The van der Waals surface area contributed by atoms with E-state index in [1.165, 1.54) is 12.4 Å². The van der Waals surface area contributed by atoms with Crippen LogP contribution < -0.4 is 4.72 Å². The molecule has 0 fully saturated rings. The molecule has 1 aliphatic heterocycles. The lowest BCUT2D eigenvalue weighted by Crippen LogP contribution is -2.22. The summed E-state index contributed by atoms with van der Waals surface area (Å²) in [6.45, 7) is 0. The summed E-state index contributed by atoms with van der Waals surface area (Å²) in [6, 6.07) is 3.40. The Morgan fingerprint density at radius 1 is 1.42 bits per heavy atom. The maximum atomic E-state index is 11.2. The normalized spacial score (nSPS) is 18.0. The van der Waals surface area contributed by atoms with E-state index in [0.717, 1.165) is 0 Å². The van der Waals surface area contributed by atoms with Crippen LogP contribution >= 0.6 is 0 Å². The highest BCUT2D eigenvalue weighted by atomic mass is 32.2. The van der Waals surface area contributed by atoms with Gasteiger partial charge in [-0.1, -0.05) is 6.07 Å². The minimum Gasteiger partial charge on any atom is -0.285 e. The van der Waals surface area contributed by atoms with Crippen molar-refractivity contribution >= 4 is 16.1 Å². The molecule has 1 N–H and O–H groups in total. The predicted octanol–water partition coefficient (Wildman–Crippen LogP) is 0.344. The van der Waals surface area contributed by atoms with Crippen molar-refractivity contribution in [3.05, 3.63) is 30.1 Å². The van der Waals surface area contributed by atoms with Crippen LogP contribution in [0.25, 0.3) is 6.08 Å². The van der Waals surface area contributed by atoms with Gasteiger partial charge < -0.3 is 0 Å². The first kappa shape index (κ1) is 7.30. The lowest BCUT2D eigenvalue weighted by Gasteiger charge is -2.09. The number of nitrogens with zero attached hydrogens (tertiary/aromatic N) is 1. The fraction of sp³-hybridized carbons (Fsp3) is 0. The van der Waals surface area contributed by atoms with Crippen LogP contribution in [0.4, 0.5) is 0 Å². The van der Waals surface area contributed by atoms with Gasteiger partial charge in [0.05, 0.1) is 0 Å². The van der Waals surface area contributed by atoms with Gasteiger partial charge in [0.25, 0.3) is 10.0 Å². The molecule has 5 heteroatoms. The number of hydrogen-bond donors (Lipinski definition) is 1. The Bertz CT molecular complexity index is 436. The molecular weight excluding hydrogens is 176 g/mol. The monoisotopic (exact) mass is 182 g/mol. The first-order chi connectivity index (χ1) is 5.70. The van der Waals surface area contributed by atoms with Crippen LogP contribution in [0.15, 0.2) is 29.6 Å². The molecule has 0 aliphatic carbocycles. The van der Waals surface area contributed by atoms with Crippen LogP contribution in [-0.2, 0) is 10.0 Å². The second-order valence-corrected chi connectivity index (χ2v) is 3.98. The molecular formula is C7H6N2O2S. The van der Waals surface area contributed by atoms with E-state index in [2.05, 4.69) is 9.71 Å². The Kier molecular flexibility index (Phi) is 1.41. The molecule has 0 saturated carbocycles. The van der Waals surface area contributed by atoms with Gasteiger partial charge in [-0.05, 0) is 12.1 Å². The van der Waals surface area contributed by atoms with Crippen molar-refractivity contribution in [1.82, 2.24) is 9.71 Å². The van der Waals surface area contributed by atoms with Crippen molar-refractivity contribution in [3.63, 3.8) is 0 Å². The van der Waals surface area contributed by atoms with Gasteiger partial charge in [0.15, 0.2) is 5.03 Å². The summed E-state index contributed by atoms with van der Waals surface area (Å²) in [5.41, 5.74) is 0.622. The van der Waals surface area contributed by atoms with Crippen LogP contribution in [0, 0.1) is 0 Å². The summed E-state index contributed by atoms with van der Waals surface area (Å²) in [6.07, 6.45) is 4.51. The molecule has 0 bridgehead atoms. The number of pyridine rings is 1. The van der Waals surface area contributed by atoms with Gasteiger partial charge in [0.1, 0.15) is 0 Å². The average molecular weight is 182 g/mol. The van der Waals surface area contributed by atoms with E-state index in [0.29, 0.717) is 5.56 Å². The summed E-state index contributed by atoms with van der Waals surface area (Å²) in [4.78, 5) is 3.77. The zero-order valence-corrected chi connectivity index (χ0v) is 6.88. The molecule has 0 unspecified atom stereocenters. The molecule has 0 aromatic carbocycles. The molecule has 4 nitrogen and oxygen atoms in total. The molecule has 1 aromatic rings. The second-order valence-electron chi connectivity index (χ2n) is 2.35. The molecule has 2 rings (SSSR count). The maximum Gasteiger partial charge on any atom is 0.279 e. The van der Waals surface area contributed by atoms with Crippen molar-refractivity contribution in [2.45, 2.75) is 5.03 Å². The van der Waals surface area contributed by atoms with E-state index in [1.807, 2.05) is 0 Å². The smallest absolute Gasteiger partial charge is 0.279 e. The highest BCUT2D eigenvalue weighted by Crippen LogP contribution is 2.16. The van der Waals surface area contributed by atoms with Gasteiger partial charge in [-0.25, -0.2) is 4.98 Å². The van der Waals surface area contributed by atoms with Crippen LogP contribution in [0.3, 0.4) is 0 Å². The highest BCUT2D eigenvalue weighted by Gasteiger charge is 2.19. The van der Waals surface area contributed by atoms with E-state index in [9.17, 15) is 8.42 Å². The fourth-order valence-electron chi connectivity index (χ4n) is 1.02. The van der Waals surface area contributed by atoms with Crippen LogP contribution in [0.2, 0.25) is 0 Å². The third kappa shape index (κ3) is 0.984. The van der Waals surface area contributed by atoms with Gasteiger partial charge in [-0.3, -0.25) is 4.72 Å². The Labute approximate surface area is 70.0 Å². The topological polar surface area (TPSA) is 59.1 Å². The van der Waals surface area contributed by atoms with Gasteiger partial charge in [-0.2, -0.15) is 8.42 Å². The second kappa shape index (κ2) is 2.31. The third-order valence-electron chi connectivity index (χ3n) is 1.54. The summed E-state index contributed by atoms with van der Waals surface area (Å²) < 4.78 is 24.7. The van der Waals surface area contributed by atoms with E-state index < -0.39 is 10.0 Å². The van der Waals surface area contributed by atoms with Crippen molar-refractivity contribution in [1.29, 1.82) is 0 Å². The molecule has 2 heterocycles. The summed E-state index contributed by atoms with van der Waals surface area (Å²) in [5, 5.41) is 0.0903. The van der Waals surface area contributed by atoms with Gasteiger partial charge >= 0.3 is 0 Å². The molecule has 1 aliphatic rings. The zero-order chi connectivity index (χ0) is 8.60. The highest BCUT2D eigenvalue weighted by molar-refractivity contribution is 7.89. The quantitative estimate of drug-likeness (QED) is 0.629. The van der Waals surface area contributed by atoms with Crippen molar-refractivity contribution < 1.29 is 8.42 Å². The predicted molar refractivity (Wildman–Crippen MR) is 43.6 cm³/mol. The van der Waals surface area contributed by atoms with Gasteiger partial charge in [0.2, 0.25) is 0 Å². The van der Waals surface area contributed by atoms with Crippen LogP contribution in [0.1, 0.15) is 5.56 Å². The third-order valence-corrected chi connectivity index (χ3v) is 2.84. The number of sulfonamides is 1. The number of fused-ring (bicyclic) bond motifs is 1. The molecule has 0 amide bonds. The van der Waals surface area contributed by atoms with Crippen molar-refractivity contribution in [2.75, 3.05) is 0 Å². The first-order valence-corrected chi connectivity index (χ1v) is 4.82. The minimum atomic E-state index is -3.39. The van der Waals surface area contributed by atoms with E-state index in [4.69, 9.17) is 0 Å². The molecule has 62 valence electrons. The fourth-order valence-corrected chi connectivity index (χ4v) is 2.03. The molecule has 0 radical (unpaired) electrons. The number of rotatable bonds is 0. The largest absolute Gasteiger partial charge is 0.285 e. The van der Waals surface area contributed by atoms with Crippen LogP contribution in [-0.4, -0.2) is 13.4 Å². The summed E-state index contributed by atoms with van der Waals surface area (Å²) >= 11 is 0. The molecule has 12 heavy (non-hydrogen) atoms. The SMILES string of the molecule is O=S1(=O)NC=Cc2cccnc21.